The number of likely N-dealkylation sites (tertiary alicyclic amines) is 1. The molecule has 0 saturated carbocycles. The van der Waals surface area contributed by atoms with Crippen LogP contribution < -0.4 is 4.74 Å². The van der Waals surface area contributed by atoms with Crippen molar-refractivity contribution in [1.29, 1.82) is 0 Å². The van der Waals surface area contributed by atoms with Crippen LogP contribution in [0.4, 0.5) is 0 Å². The topological polar surface area (TPSA) is 59.5 Å². The summed E-state index contributed by atoms with van der Waals surface area (Å²) in [5.41, 5.74) is 0.580. The predicted octanol–water partition coefficient (Wildman–Crippen LogP) is 3.19. The van der Waals surface area contributed by atoms with Gasteiger partial charge in [0.05, 0.1) is 5.92 Å². The van der Waals surface area contributed by atoms with Gasteiger partial charge in [-0.15, -0.1) is 0 Å². The summed E-state index contributed by atoms with van der Waals surface area (Å²) in [4.78, 5) is 30.5. The Morgan fingerprint density at radius 3 is 2.54 bits per heavy atom. The van der Waals surface area contributed by atoms with Gasteiger partial charge in [0.1, 0.15) is 5.75 Å². The second-order valence-electron chi connectivity index (χ2n) is 5.70. The third kappa shape index (κ3) is 3.92. The Balaban J connectivity index is 1.63. The number of rotatable bonds is 3. The molecular weight excluding hydrogens is 328 g/mol. The first-order valence-electron chi connectivity index (χ1n) is 7.80. The van der Waals surface area contributed by atoms with E-state index in [1.54, 1.807) is 53.7 Å². The first-order valence-corrected chi connectivity index (χ1v) is 8.18. The zero-order valence-electron chi connectivity index (χ0n) is 13.0. The van der Waals surface area contributed by atoms with Crippen LogP contribution in [-0.4, -0.2) is 34.8 Å². The van der Waals surface area contributed by atoms with E-state index in [0.29, 0.717) is 35.8 Å². The molecule has 0 bridgehead atoms. The highest BCUT2D eigenvalue weighted by Gasteiger charge is 2.30. The molecule has 1 amide bonds. The van der Waals surface area contributed by atoms with Gasteiger partial charge >= 0.3 is 5.97 Å². The van der Waals surface area contributed by atoms with Gasteiger partial charge in [0.2, 0.25) is 0 Å². The molecule has 1 aromatic heterocycles. The Bertz CT molecular complexity index is 719. The first kappa shape index (κ1) is 16.5. The number of nitrogens with zero attached hydrogens (tertiary/aromatic N) is 2. The van der Waals surface area contributed by atoms with E-state index in [0.717, 1.165) is 6.42 Å². The summed E-state index contributed by atoms with van der Waals surface area (Å²) in [5.74, 6) is -0.256. The molecule has 0 aliphatic carbocycles. The van der Waals surface area contributed by atoms with Crippen molar-refractivity contribution in [2.24, 2.45) is 5.92 Å². The highest BCUT2D eigenvalue weighted by atomic mass is 35.5. The second-order valence-corrected chi connectivity index (χ2v) is 6.14. The number of amides is 1. The van der Waals surface area contributed by atoms with Crippen molar-refractivity contribution in [2.75, 3.05) is 13.1 Å². The lowest BCUT2D eigenvalue weighted by Crippen LogP contribution is -2.43. The second kappa shape index (κ2) is 7.45. The number of ether oxygens (including phenoxy) is 1. The Kier molecular flexibility index (Phi) is 5.11. The van der Waals surface area contributed by atoms with Crippen molar-refractivity contribution in [3.05, 3.63) is 59.4 Å². The van der Waals surface area contributed by atoms with E-state index >= 15 is 0 Å². The Labute approximate surface area is 145 Å². The molecule has 3 rings (SSSR count). The lowest BCUT2D eigenvalue weighted by Gasteiger charge is -2.31. The number of pyridine rings is 1. The van der Waals surface area contributed by atoms with Crippen molar-refractivity contribution in [1.82, 2.24) is 9.88 Å². The molecule has 1 aromatic carbocycles. The summed E-state index contributed by atoms with van der Waals surface area (Å²) in [6.45, 7) is 1.01. The van der Waals surface area contributed by atoms with Crippen LogP contribution in [0.1, 0.15) is 23.2 Å². The summed E-state index contributed by atoms with van der Waals surface area (Å²) in [7, 11) is 0. The van der Waals surface area contributed by atoms with Gasteiger partial charge in [-0.1, -0.05) is 11.6 Å². The predicted molar refractivity (Wildman–Crippen MR) is 90.0 cm³/mol. The SMILES string of the molecule is O=C(Oc1ccc(Cl)cc1)C1CCCN(C(=O)c2ccncc2)C1. The van der Waals surface area contributed by atoms with Crippen LogP contribution in [0.5, 0.6) is 5.75 Å². The van der Waals surface area contributed by atoms with Crippen LogP contribution in [0, 0.1) is 5.92 Å². The van der Waals surface area contributed by atoms with Crippen molar-refractivity contribution in [2.45, 2.75) is 12.8 Å². The molecule has 5 nitrogen and oxygen atoms in total. The molecule has 0 spiro atoms. The molecule has 1 aliphatic heterocycles. The standard InChI is InChI=1S/C18H17ClN2O3/c19-15-3-5-16(6-4-15)24-18(23)14-2-1-11-21(12-14)17(22)13-7-9-20-10-8-13/h3-10,14H,1-2,11-12H2. The van der Waals surface area contributed by atoms with Crippen LogP contribution >= 0.6 is 11.6 Å². The van der Waals surface area contributed by atoms with Crippen LogP contribution in [0.25, 0.3) is 0 Å². The molecule has 24 heavy (non-hydrogen) atoms. The molecule has 1 atom stereocenters. The van der Waals surface area contributed by atoms with Crippen molar-refractivity contribution in [3.63, 3.8) is 0 Å². The number of esters is 1. The van der Waals surface area contributed by atoms with Crippen LogP contribution in [-0.2, 0) is 4.79 Å². The van der Waals surface area contributed by atoms with E-state index in [9.17, 15) is 9.59 Å². The van der Waals surface area contributed by atoms with Crippen molar-refractivity contribution >= 4 is 23.5 Å². The van der Waals surface area contributed by atoms with Crippen LogP contribution in [0.3, 0.4) is 0 Å². The zero-order chi connectivity index (χ0) is 16.9. The molecule has 2 heterocycles. The van der Waals surface area contributed by atoms with E-state index in [2.05, 4.69) is 4.98 Å². The summed E-state index contributed by atoms with van der Waals surface area (Å²) in [6, 6.07) is 10.0. The highest BCUT2D eigenvalue weighted by Crippen LogP contribution is 2.22. The third-order valence-corrected chi connectivity index (χ3v) is 4.25. The molecule has 0 N–H and O–H groups in total. The highest BCUT2D eigenvalue weighted by molar-refractivity contribution is 6.30. The molecule has 1 fully saturated rings. The van der Waals surface area contributed by atoms with Gasteiger partial charge in [-0.2, -0.15) is 0 Å². The van der Waals surface area contributed by atoms with Gasteiger partial charge in [0.15, 0.2) is 0 Å². The average Bonchev–Trinajstić information content (AvgIpc) is 2.64. The van der Waals surface area contributed by atoms with E-state index in [1.165, 1.54) is 0 Å². The lowest BCUT2D eigenvalue weighted by molar-refractivity contribution is -0.140. The number of carbonyl (C=O) groups excluding carboxylic acids is 2. The minimum Gasteiger partial charge on any atom is -0.426 e. The van der Waals surface area contributed by atoms with Gasteiger partial charge in [-0.25, -0.2) is 0 Å². The maximum atomic E-state index is 12.5. The van der Waals surface area contributed by atoms with Gasteiger partial charge < -0.3 is 9.64 Å². The summed E-state index contributed by atoms with van der Waals surface area (Å²) in [6.07, 6.45) is 4.66. The van der Waals surface area contributed by atoms with E-state index < -0.39 is 0 Å². The van der Waals surface area contributed by atoms with Crippen molar-refractivity contribution in [3.8, 4) is 5.75 Å². The number of benzene rings is 1. The third-order valence-electron chi connectivity index (χ3n) is 4.00. The molecule has 0 radical (unpaired) electrons. The minimum absolute atomic E-state index is 0.0820. The largest absolute Gasteiger partial charge is 0.426 e. The summed E-state index contributed by atoms with van der Waals surface area (Å²) >= 11 is 5.82. The fourth-order valence-corrected chi connectivity index (χ4v) is 2.86. The molecule has 124 valence electrons. The average molecular weight is 345 g/mol. The zero-order valence-corrected chi connectivity index (χ0v) is 13.8. The number of aromatic nitrogens is 1. The smallest absolute Gasteiger partial charge is 0.316 e. The van der Waals surface area contributed by atoms with Gasteiger partial charge in [-0.3, -0.25) is 14.6 Å². The normalized spacial score (nSPS) is 17.4. The first-order chi connectivity index (χ1) is 11.6. The van der Waals surface area contributed by atoms with E-state index in [4.69, 9.17) is 16.3 Å². The van der Waals surface area contributed by atoms with Crippen LogP contribution in [0.15, 0.2) is 48.8 Å². The molecule has 1 aliphatic rings. The maximum absolute atomic E-state index is 12.5. The molecule has 1 saturated heterocycles. The number of carbonyl (C=O) groups is 2. The number of hydrogen-bond donors (Lipinski definition) is 0. The van der Waals surface area contributed by atoms with Crippen molar-refractivity contribution < 1.29 is 14.3 Å². The van der Waals surface area contributed by atoms with E-state index in [-0.39, 0.29) is 17.8 Å². The van der Waals surface area contributed by atoms with Gasteiger partial charge in [0.25, 0.3) is 5.91 Å². The fourth-order valence-electron chi connectivity index (χ4n) is 2.73. The Morgan fingerprint density at radius 2 is 1.83 bits per heavy atom. The maximum Gasteiger partial charge on any atom is 0.316 e. The van der Waals surface area contributed by atoms with Gasteiger partial charge in [0, 0.05) is 36.1 Å². The summed E-state index contributed by atoms with van der Waals surface area (Å²) < 4.78 is 5.40. The monoisotopic (exact) mass is 344 g/mol. The molecule has 2 aromatic rings. The number of halogens is 1. The number of hydrogen-bond acceptors (Lipinski definition) is 4. The quantitative estimate of drug-likeness (QED) is 0.633. The van der Waals surface area contributed by atoms with E-state index in [1.807, 2.05) is 0 Å². The molecule has 6 heteroatoms. The number of piperidine rings is 1. The van der Waals surface area contributed by atoms with Crippen LogP contribution in [0.2, 0.25) is 5.02 Å². The van der Waals surface area contributed by atoms with Gasteiger partial charge in [-0.05, 0) is 49.2 Å². The summed E-state index contributed by atoms with van der Waals surface area (Å²) in [5, 5.41) is 0.585. The Morgan fingerprint density at radius 1 is 1.12 bits per heavy atom. The molecule has 1 unspecified atom stereocenters. The lowest BCUT2D eigenvalue weighted by atomic mass is 9.97. The molecular formula is C18H17ClN2O3. The minimum atomic E-state index is -0.319. The Hall–Kier alpha value is -2.40. The fraction of sp³-hybridized carbons (Fsp3) is 0.278.